The fourth-order valence-electron chi connectivity index (χ4n) is 2.69. The molecule has 0 amide bonds. The molecular formula is C17H18O2. The lowest BCUT2D eigenvalue weighted by atomic mass is 9.84. The number of phenols is 1. The Balaban J connectivity index is 2.36. The third-order valence-corrected chi connectivity index (χ3v) is 3.78. The van der Waals surface area contributed by atoms with Gasteiger partial charge in [0.05, 0.1) is 0 Å². The molecule has 2 aromatic carbocycles. The van der Waals surface area contributed by atoms with Crippen LogP contribution in [0.3, 0.4) is 0 Å². The highest BCUT2D eigenvalue weighted by Gasteiger charge is 2.33. The maximum atomic E-state index is 9.95. The third-order valence-electron chi connectivity index (χ3n) is 3.78. The Bertz CT molecular complexity index is 669. The Labute approximate surface area is 113 Å². The maximum absolute atomic E-state index is 9.95. The van der Waals surface area contributed by atoms with Crippen molar-refractivity contribution in [1.29, 1.82) is 0 Å². The van der Waals surface area contributed by atoms with Gasteiger partial charge in [0.1, 0.15) is 17.1 Å². The minimum atomic E-state index is -0.428. The SMILES string of the molecule is Cc1ccc2c(c1)-c1cc(C)c(O)cc1C(C)(C)O2. The van der Waals surface area contributed by atoms with E-state index in [0.29, 0.717) is 5.75 Å². The van der Waals surface area contributed by atoms with Crippen LogP contribution in [0.4, 0.5) is 0 Å². The van der Waals surface area contributed by atoms with E-state index in [4.69, 9.17) is 4.74 Å². The van der Waals surface area contributed by atoms with Gasteiger partial charge in [0, 0.05) is 11.1 Å². The molecule has 0 fully saturated rings. The number of ether oxygens (including phenoxy) is 1. The molecule has 0 atom stereocenters. The van der Waals surface area contributed by atoms with Crippen LogP contribution in [-0.2, 0) is 5.60 Å². The number of aryl methyl sites for hydroxylation is 2. The van der Waals surface area contributed by atoms with E-state index < -0.39 is 5.60 Å². The Kier molecular flexibility index (Phi) is 2.40. The predicted octanol–water partition coefficient (Wildman–Crippen LogP) is 4.30. The third kappa shape index (κ3) is 1.79. The van der Waals surface area contributed by atoms with Crippen LogP contribution in [0.1, 0.15) is 30.5 Å². The van der Waals surface area contributed by atoms with Gasteiger partial charge in [-0.1, -0.05) is 11.6 Å². The first kappa shape index (κ1) is 12.1. The van der Waals surface area contributed by atoms with E-state index in [1.807, 2.05) is 39.0 Å². The zero-order valence-corrected chi connectivity index (χ0v) is 11.7. The van der Waals surface area contributed by atoms with E-state index in [9.17, 15) is 5.11 Å². The molecule has 2 aromatic rings. The van der Waals surface area contributed by atoms with Gasteiger partial charge in [-0.2, -0.15) is 0 Å². The second kappa shape index (κ2) is 3.77. The second-order valence-corrected chi connectivity index (χ2v) is 5.80. The Hall–Kier alpha value is -1.96. The first-order valence-corrected chi connectivity index (χ1v) is 6.52. The van der Waals surface area contributed by atoms with Crippen molar-refractivity contribution < 1.29 is 9.84 Å². The lowest BCUT2D eigenvalue weighted by Gasteiger charge is -2.35. The lowest BCUT2D eigenvalue weighted by Crippen LogP contribution is -2.29. The van der Waals surface area contributed by atoms with Gasteiger partial charge in [-0.15, -0.1) is 0 Å². The minimum absolute atomic E-state index is 0.325. The largest absolute Gasteiger partial charge is 0.508 e. The normalized spacial score (nSPS) is 15.4. The molecule has 0 saturated carbocycles. The van der Waals surface area contributed by atoms with Gasteiger partial charge in [-0.05, 0) is 63.1 Å². The summed E-state index contributed by atoms with van der Waals surface area (Å²) < 4.78 is 6.08. The van der Waals surface area contributed by atoms with E-state index in [-0.39, 0.29) is 0 Å². The van der Waals surface area contributed by atoms with Crippen LogP contribution in [0, 0.1) is 13.8 Å². The Morgan fingerprint density at radius 1 is 1.00 bits per heavy atom. The fourth-order valence-corrected chi connectivity index (χ4v) is 2.69. The standard InChI is InChI=1S/C17H18O2/c1-10-5-6-16-13(7-10)12-8-11(2)15(18)9-14(12)17(3,4)19-16/h5-9,18H,1-4H3. The van der Waals surface area contributed by atoms with Crippen LogP contribution < -0.4 is 4.74 Å². The summed E-state index contributed by atoms with van der Waals surface area (Å²) in [5.41, 5.74) is 4.97. The molecule has 2 nitrogen and oxygen atoms in total. The number of phenolic OH excluding ortho intramolecular Hbond substituents is 1. The molecule has 19 heavy (non-hydrogen) atoms. The number of hydrogen-bond acceptors (Lipinski definition) is 2. The summed E-state index contributed by atoms with van der Waals surface area (Å²) in [6.45, 7) is 8.06. The van der Waals surface area contributed by atoms with Crippen LogP contribution in [0.15, 0.2) is 30.3 Å². The summed E-state index contributed by atoms with van der Waals surface area (Å²) in [6.07, 6.45) is 0. The average molecular weight is 254 g/mol. The first-order chi connectivity index (χ1) is 8.88. The van der Waals surface area contributed by atoms with Crippen LogP contribution in [0.25, 0.3) is 11.1 Å². The first-order valence-electron chi connectivity index (χ1n) is 6.52. The summed E-state index contributed by atoms with van der Waals surface area (Å²) in [5, 5.41) is 9.95. The number of hydrogen-bond donors (Lipinski definition) is 1. The van der Waals surface area contributed by atoms with E-state index in [1.165, 1.54) is 5.56 Å². The summed E-state index contributed by atoms with van der Waals surface area (Å²) >= 11 is 0. The van der Waals surface area contributed by atoms with Crippen molar-refractivity contribution in [3.8, 4) is 22.6 Å². The van der Waals surface area contributed by atoms with Gasteiger partial charge in [0.2, 0.25) is 0 Å². The topological polar surface area (TPSA) is 29.5 Å². The van der Waals surface area contributed by atoms with E-state index in [1.54, 1.807) is 0 Å². The Morgan fingerprint density at radius 3 is 2.47 bits per heavy atom. The molecule has 0 aromatic heterocycles. The predicted molar refractivity (Wildman–Crippen MR) is 76.7 cm³/mol. The van der Waals surface area contributed by atoms with Gasteiger partial charge < -0.3 is 9.84 Å². The molecule has 1 N–H and O–H groups in total. The highest BCUT2D eigenvalue weighted by molar-refractivity contribution is 5.78. The molecule has 1 heterocycles. The molecule has 0 spiro atoms. The van der Waals surface area contributed by atoms with Crippen LogP contribution in [-0.4, -0.2) is 5.11 Å². The van der Waals surface area contributed by atoms with Crippen molar-refractivity contribution in [2.75, 3.05) is 0 Å². The molecule has 3 rings (SSSR count). The molecule has 1 aliphatic rings. The zero-order chi connectivity index (χ0) is 13.8. The minimum Gasteiger partial charge on any atom is -0.508 e. The van der Waals surface area contributed by atoms with Gasteiger partial charge in [0.25, 0.3) is 0 Å². The van der Waals surface area contributed by atoms with E-state index >= 15 is 0 Å². The molecule has 2 heteroatoms. The van der Waals surface area contributed by atoms with Crippen molar-refractivity contribution in [3.05, 3.63) is 47.0 Å². The molecule has 0 saturated heterocycles. The second-order valence-electron chi connectivity index (χ2n) is 5.80. The van der Waals surface area contributed by atoms with Crippen molar-refractivity contribution in [2.45, 2.75) is 33.3 Å². The summed E-state index contributed by atoms with van der Waals surface area (Å²) in [7, 11) is 0. The number of benzene rings is 2. The van der Waals surface area contributed by atoms with Gasteiger partial charge in [0.15, 0.2) is 0 Å². The fraction of sp³-hybridized carbons (Fsp3) is 0.294. The molecule has 0 bridgehead atoms. The molecule has 98 valence electrons. The van der Waals surface area contributed by atoms with E-state index in [0.717, 1.165) is 28.0 Å². The van der Waals surface area contributed by atoms with Crippen molar-refractivity contribution in [3.63, 3.8) is 0 Å². The van der Waals surface area contributed by atoms with Crippen molar-refractivity contribution >= 4 is 0 Å². The van der Waals surface area contributed by atoms with Crippen LogP contribution >= 0.6 is 0 Å². The number of fused-ring (bicyclic) bond motifs is 3. The highest BCUT2D eigenvalue weighted by atomic mass is 16.5. The number of rotatable bonds is 0. The maximum Gasteiger partial charge on any atom is 0.129 e. The lowest BCUT2D eigenvalue weighted by molar-refractivity contribution is 0.105. The smallest absolute Gasteiger partial charge is 0.129 e. The van der Waals surface area contributed by atoms with Crippen LogP contribution in [0.5, 0.6) is 11.5 Å². The van der Waals surface area contributed by atoms with E-state index in [2.05, 4.69) is 19.1 Å². The molecule has 0 unspecified atom stereocenters. The molecule has 1 aliphatic heterocycles. The molecular weight excluding hydrogens is 236 g/mol. The zero-order valence-electron chi connectivity index (χ0n) is 11.7. The van der Waals surface area contributed by atoms with Crippen LogP contribution in [0.2, 0.25) is 0 Å². The van der Waals surface area contributed by atoms with Gasteiger partial charge >= 0.3 is 0 Å². The van der Waals surface area contributed by atoms with Gasteiger partial charge in [-0.25, -0.2) is 0 Å². The average Bonchev–Trinajstić information content (AvgIpc) is 2.33. The van der Waals surface area contributed by atoms with Crippen molar-refractivity contribution in [1.82, 2.24) is 0 Å². The molecule has 0 radical (unpaired) electrons. The highest BCUT2D eigenvalue weighted by Crippen LogP contribution is 2.47. The summed E-state index contributed by atoms with van der Waals surface area (Å²) in [4.78, 5) is 0. The molecule has 0 aliphatic carbocycles. The number of aromatic hydroxyl groups is 1. The van der Waals surface area contributed by atoms with Gasteiger partial charge in [-0.3, -0.25) is 0 Å². The quantitative estimate of drug-likeness (QED) is 0.759. The van der Waals surface area contributed by atoms with Crippen molar-refractivity contribution in [2.24, 2.45) is 0 Å². The monoisotopic (exact) mass is 254 g/mol. The summed E-state index contributed by atoms with van der Waals surface area (Å²) in [5.74, 6) is 1.24. The Morgan fingerprint density at radius 2 is 1.74 bits per heavy atom. The summed E-state index contributed by atoms with van der Waals surface area (Å²) in [6, 6.07) is 10.1.